The van der Waals surface area contributed by atoms with Crippen molar-refractivity contribution in [2.75, 3.05) is 25.4 Å². The first-order valence-corrected chi connectivity index (χ1v) is 10.3. The maximum Gasteiger partial charge on any atom is 0.224 e. The smallest absolute Gasteiger partial charge is 0.224 e. The molecule has 2 heterocycles. The Bertz CT molecular complexity index is 858. The molecule has 1 unspecified atom stereocenters. The summed E-state index contributed by atoms with van der Waals surface area (Å²) in [5, 5.41) is 3.28. The average molecular weight is 410 g/mol. The second kappa shape index (κ2) is 9.30. The number of aryl methyl sites for hydroxylation is 1. The number of amides is 1. The monoisotopic (exact) mass is 409 g/mol. The average Bonchev–Trinajstić information content (AvgIpc) is 2.67. The number of nitrogens with zero attached hydrogens (tertiary/aromatic N) is 2. The fourth-order valence-corrected chi connectivity index (χ4v) is 4.33. The molecule has 1 fully saturated rings. The summed E-state index contributed by atoms with van der Waals surface area (Å²) >= 11 is 0. The van der Waals surface area contributed by atoms with E-state index < -0.39 is 9.84 Å². The van der Waals surface area contributed by atoms with Crippen LogP contribution in [-0.4, -0.2) is 49.6 Å². The molecule has 3 rings (SSSR count). The highest BCUT2D eigenvalue weighted by Crippen LogP contribution is 2.23. The molecule has 1 aliphatic rings. The predicted molar refractivity (Wildman–Crippen MR) is 107 cm³/mol. The van der Waals surface area contributed by atoms with E-state index in [1.807, 2.05) is 19.1 Å². The number of hydrogen-bond donors (Lipinski definition) is 1. The number of hydrogen-bond acceptors (Lipinski definition) is 5. The van der Waals surface area contributed by atoms with Crippen molar-refractivity contribution in [2.45, 2.75) is 24.3 Å². The predicted octanol–water partition coefficient (Wildman–Crippen LogP) is 2.15. The Morgan fingerprint density at radius 2 is 2.00 bits per heavy atom. The van der Waals surface area contributed by atoms with Gasteiger partial charge in [0, 0.05) is 38.4 Å². The first kappa shape index (κ1) is 21.3. The molecule has 1 N–H and O–H groups in total. The molecule has 1 atom stereocenters. The third-order valence-electron chi connectivity index (χ3n) is 4.60. The molecular formula is C19H24ClN3O3S. The number of pyridine rings is 1. The molecule has 1 aromatic carbocycles. The van der Waals surface area contributed by atoms with E-state index in [-0.39, 0.29) is 41.4 Å². The Labute approximate surface area is 166 Å². The number of nitrogens with one attached hydrogen (secondary N) is 1. The van der Waals surface area contributed by atoms with Gasteiger partial charge in [0.15, 0.2) is 9.84 Å². The van der Waals surface area contributed by atoms with Crippen LogP contribution in [0.2, 0.25) is 0 Å². The first-order chi connectivity index (χ1) is 12.5. The topological polar surface area (TPSA) is 79.4 Å². The molecule has 6 nitrogen and oxygen atoms in total. The number of benzene rings is 1. The summed E-state index contributed by atoms with van der Waals surface area (Å²) in [5.74, 6) is -0.325. The van der Waals surface area contributed by atoms with Crippen LogP contribution < -0.4 is 5.32 Å². The zero-order valence-electron chi connectivity index (χ0n) is 15.2. The normalized spacial score (nSPS) is 17.2. The molecule has 0 aliphatic carbocycles. The maximum atomic E-state index is 12.7. The van der Waals surface area contributed by atoms with Crippen LogP contribution in [0.4, 0.5) is 0 Å². The number of rotatable bonds is 5. The van der Waals surface area contributed by atoms with E-state index >= 15 is 0 Å². The van der Waals surface area contributed by atoms with Crippen molar-refractivity contribution in [3.8, 4) is 0 Å². The highest BCUT2D eigenvalue weighted by Gasteiger charge is 2.29. The van der Waals surface area contributed by atoms with Crippen LogP contribution in [0.3, 0.4) is 0 Å². The Kier molecular flexibility index (Phi) is 7.35. The minimum absolute atomic E-state index is 0. The van der Waals surface area contributed by atoms with Gasteiger partial charge in [0.25, 0.3) is 0 Å². The molecule has 0 radical (unpaired) electrons. The Morgan fingerprint density at radius 3 is 2.67 bits per heavy atom. The van der Waals surface area contributed by atoms with Crippen molar-refractivity contribution >= 4 is 28.2 Å². The van der Waals surface area contributed by atoms with Gasteiger partial charge in [-0.05, 0) is 30.7 Å². The number of halogens is 1. The third kappa shape index (κ3) is 5.28. The molecular weight excluding hydrogens is 386 g/mol. The van der Waals surface area contributed by atoms with E-state index in [1.165, 1.54) is 0 Å². The van der Waals surface area contributed by atoms with Crippen LogP contribution in [0.5, 0.6) is 0 Å². The van der Waals surface area contributed by atoms with Gasteiger partial charge in [-0.3, -0.25) is 9.78 Å². The molecule has 1 aliphatic heterocycles. The Balaban J connectivity index is 0.00000261. The fourth-order valence-electron chi connectivity index (χ4n) is 3.10. The lowest BCUT2D eigenvalue weighted by Gasteiger charge is -2.36. The van der Waals surface area contributed by atoms with Gasteiger partial charge in [0.2, 0.25) is 5.91 Å². The molecule has 0 bridgehead atoms. The highest BCUT2D eigenvalue weighted by molar-refractivity contribution is 7.91. The summed E-state index contributed by atoms with van der Waals surface area (Å²) < 4.78 is 25.0. The number of carbonyl (C=O) groups excluding carboxylic acids is 1. The van der Waals surface area contributed by atoms with Gasteiger partial charge < -0.3 is 10.2 Å². The van der Waals surface area contributed by atoms with E-state index in [1.54, 1.807) is 41.6 Å². The fraction of sp³-hybridized carbons (Fsp3) is 0.368. The standard InChI is InChI=1S/C19H23N3O3S.ClH/c1-15-4-6-17(7-5-15)26(24,25)12-8-19(23)22-11-10-21-14-18(22)16-3-2-9-20-13-16;/h2-7,9,13,18,21H,8,10-12,14H2,1H3;1H. The molecule has 0 saturated carbocycles. The summed E-state index contributed by atoms with van der Waals surface area (Å²) in [4.78, 5) is 18.9. The lowest BCUT2D eigenvalue weighted by Crippen LogP contribution is -2.49. The molecule has 1 amide bonds. The number of carbonyl (C=O) groups is 1. The minimum Gasteiger partial charge on any atom is -0.333 e. The van der Waals surface area contributed by atoms with Crippen molar-refractivity contribution in [1.29, 1.82) is 0 Å². The van der Waals surface area contributed by atoms with Gasteiger partial charge >= 0.3 is 0 Å². The van der Waals surface area contributed by atoms with Gasteiger partial charge in [-0.1, -0.05) is 23.8 Å². The van der Waals surface area contributed by atoms with Gasteiger partial charge in [-0.25, -0.2) is 8.42 Å². The van der Waals surface area contributed by atoms with Crippen LogP contribution in [0.15, 0.2) is 53.7 Å². The number of aromatic nitrogens is 1. The van der Waals surface area contributed by atoms with Crippen LogP contribution in [0.1, 0.15) is 23.6 Å². The van der Waals surface area contributed by atoms with E-state index in [0.29, 0.717) is 19.6 Å². The van der Waals surface area contributed by atoms with Gasteiger partial charge in [0.1, 0.15) is 0 Å². The molecule has 146 valence electrons. The summed E-state index contributed by atoms with van der Waals surface area (Å²) in [6.07, 6.45) is 3.42. The van der Waals surface area contributed by atoms with E-state index in [2.05, 4.69) is 10.3 Å². The van der Waals surface area contributed by atoms with Crippen molar-refractivity contribution in [3.63, 3.8) is 0 Å². The zero-order chi connectivity index (χ0) is 18.6. The Morgan fingerprint density at radius 1 is 1.26 bits per heavy atom. The summed E-state index contributed by atoms with van der Waals surface area (Å²) in [6.45, 7) is 3.81. The van der Waals surface area contributed by atoms with Gasteiger partial charge in [-0.2, -0.15) is 0 Å². The number of sulfone groups is 1. The molecule has 8 heteroatoms. The van der Waals surface area contributed by atoms with Gasteiger partial charge in [-0.15, -0.1) is 12.4 Å². The van der Waals surface area contributed by atoms with E-state index in [9.17, 15) is 13.2 Å². The largest absolute Gasteiger partial charge is 0.333 e. The molecule has 27 heavy (non-hydrogen) atoms. The van der Waals surface area contributed by atoms with Crippen LogP contribution >= 0.6 is 12.4 Å². The second-order valence-electron chi connectivity index (χ2n) is 6.48. The number of piperazine rings is 1. The van der Waals surface area contributed by atoms with Crippen molar-refractivity contribution < 1.29 is 13.2 Å². The highest BCUT2D eigenvalue weighted by atomic mass is 35.5. The third-order valence-corrected chi connectivity index (χ3v) is 6.33. The van der Waals surface area contributed by atoms with E-state index in [4.69, 9.17) is 0 Å². The van der Waals surface area contributed by atoms with Crippen LogP contribution in [-0.2, 0) is 14.6 Å². The molecule has 1 aromatic heterocycles. The minimum atomic E-state index is -3.47. The lowest BCUT2D eigenvalue weighted by molar-refractivity contribution is -0.134. The molecule has 1 saturated heterocycles. The summed E-state index contributed by atoms with van der Waals surface area (Å²) in [7, 11) is -3.47. The summed E-state index contributed by atoms with van der Waals surface area (Å²) in [6, 6.07) is 10.4. The zero-order valence-corrected chi connectivity index (χ0v) is 16.8. The SMILES string of the molecule is Cc1ccc(S(=O)(=O)CCC(=O)N2CCNCC2c2cccnc2)cc1.Cl. The summed E-state index contributed by atoms with van der Waals surface area (Å²) in [5.41, 5.74) is 1.95. The maximum absolute atomic E-state index is 12.7. The van der Waals surface area contributed by atoms with Crippen molar-refractivity contribution in [1.82, 2.24) is 15.2 Å². The lowest BCUT2D eigenvalue weighted by atomic mass is 10.1. The van der Waals surface area contributed by atoms with Crippen LogP contribution in [0.25, 0.3) is 0 Å². The second-order valence-corrected chi connectivity index (χ2v) is 8.58. The van der Waals surface area contributed by atoms with E-state index in [0.717, 1.165) is 11.1 Å². The molecule has 0 spiro atoms. The Hall–Kier alpha value is -1.96. The quantitative estimate of drug-likeness (QED) is 0.818. The van der Waals surface area contributed by atoms with Gasteiger partial charge in [0.05, 0.1) is 16.7 Å². The van der Waals surface area contributed by atoms with Crippen molar-refractivity contribution in [2.24, 2.45) is 0 Å². The first-order valence-electron chi connectivity index (χ1n) is 8.67. The molecule has 2 aromatic rings. The van der Waals surface area contributed by atoms with Crippen LogP contribution in [0, 0.1) is 6.92 Å². The van der Waals surface area contributed by atoms with Crippen molar-refractivity contribution in [3.05, 3.63) is 59.9 Å².